The molecule has 0 aliphatic heterocycles. The Labute approximate surface area is 120 Å². The lowest BCUT2D eigenvalue weighted by atomic mass is 9.95. The van der Waals surface area contributed by atoms with Gasteiger partial charge in [-0.15, -0.1) is 0 Å². The predicted molar refractivity (Wildman–Crippen MR) is 83.3 cm³/mol. The molecule has 2 rings (SSSR count). The molecule has 0 radical (unpaired) electrons. The first kappa shape index (κ1) is 14.7. The van der Waals surface area contributed by atoms with Gasteiger partial charge in [-0.25, -0.2) is 4.39 Å². The zero-order valence-corrected chi connectivity index (χ0v) is 12.4. The van der Waals surface area contributed by atoms with Crippen molar-refractivity contribution in [3.63, 3.8) is 0 Å². The van der Waals surface area contributed by atoms with Crippen molar-refractivity contribution in [1.82, 2.24) is 5.32 Å². The van der Waals surface area contributed by atoms with Crippen LogP contribution < -0.4 is 5.32 Å². The van der Waals surface area contributed by atoms with Crippen molar-refractivity contribution in [2.24, 2.45) is 0 Å². The van der Waals surface area contributed by atoms with Crippen LogP contribution in [0, 0.1) is 5.82 Å². The maximum absolute atomic E-state index is 13.9. The maximum Gasteiger partial charge on any atom is 0.128 e. The van der Waals surface area contributed by atoms with Crippen LogP contribution in [0.3, 0.4) is 0 Å². The zero-order chi connectivity index (χ0) is 14.5. The molecule has 1 nitrogen and oxygen atoms in total. The third-order valence-corrected chi connectivity index (χ3v) is 3.85. The van der Waals surface area contributed by atoms with E-state index < -0.39 is 0 Å². The summed E-state index contributed by atoms with van der Waals surface area (Å²) >= 11 is 0. The van der Waals surface area contributed by atoms with Gasteiger partial charge in [0.1, 0.15) is 5.82 Å². The Hall–Kier alpha value is -1.67. The summed E-state index contributed by atoms with van der Waals surface area (Å²) in [6.45, 7) is 4.97. The van der Waals surface area contributed by atoms with Crippen molar-refractivity contribution in [2.45, 2.75) is 32.7 Å². The summed E-state index contributed by atoms with van der Waals surface area (Å²) < 4.78 is 13.9. The molecule has 20 heavy (non-hydrogen) atoms. The van der Waals surface area contributed by atoms with Crippen LogP contribution in [0.4, 0.5) is 4.39 Å². The number of hydrogen-bond acceptors (Lipinski definition) is 1. The third kappa shape index (κ3) is 3.26. The van der Waals surface area contributed by atoms with Gasteiger partial charge in [-0.2, -0.15) is 0 Å². The van der Waals surface area contributed by atoms with Gasteiger partial charge in [0.05, 0.1) is 0 Å². The molecule has 0 fully saturated rings. The number of hydrogen-bond donors (Lipinski definition) is 1. The van der Waals surface area contributed by atoms with Crippen molar-refractivity contribution >= 4 is 0 Å². The van der Waals surface area contributed by atoms with Crippen LogP contribution in [-0.4, -0.2) is 7.05 Å². The minimum absolute atomic E-state index is 0.150. The van der Waals surface area contributed by atoms with Crippen molar-refractivity contribution in [3.8, 4) is 11.1 Å². The second-order valence-electron chi connectivity index (χ2n) is 5.27. The first-order chi connectivity index (χ1) is 9.65. The Morgan fingerprint density at radius 2 is 1.70 bits per heavy atom. The molecular weight excluding hydrogens is 249 g/mol. The number of nitrogens with one attached hydrogen (secondary N) is 1. The van der Waals surface area contributed by atoms with Crippen molar-refractivity contribution in [2.75, 3.05) is 7.05 Å². The molecule has 0 aliphatic carbocycles. The summed E-state index contributed by atoms with van der Waals surface area (Å²) in [5.41, 5.74) is 4.03. The van der Waals surface area contributed by atoms with Crippen LogP contribution >= 0.6 is 0 Å². The van der Waals surface area contributed by atoms with Gasteiger partial charge in [0.2, 0.25) is 0 Å². The summed E-state index contributed by atoms with van der Waals surface area (Å²) in [6.07, 6.45) is 1.13. The minimum atomic E-state index is -0.150. The van der Waals surface area contributed by atoms with Gasteiger partial charge in [-0.1, -0.05) is 50.2 Å². The molecule has 0 saturated carbocycles. The summed E-state index contributed by atoms with van der Waals surface area (Å²) in [7, 11) is 1.82. The lowest BCUT2D eigenvalue weighted by Gasteiger charge is -2.10. The molecule has 2 aromatic rings. The topological polar surface area (TPSA) is 12.0 Å². The van der Waals surface area contributed by atoms with Crippen LogP contribution in [0.25, 0.3) is 11.1 Å². The highest BCUT2D eigenvalue weighted by Crippen LogP contribution is 2.25. The van der Waals surface area contributed by atoms with E-state index in [2.05, 4.69) is 43.4 Å². The van der Waals surface area contributed by atoms with E-state index >= 15 is 0 Å². The molecule has 0 aromatic heterocycles. The monoisotopic (exact) mass is 271 g/mol. The fraction of sp³-hybridized carbons (Fsp3) is 0.333. The van der Waals surface area contributed by atoms with Gasteiger partial charge in [-0.3, -0.25) is 0 Å². The largest absolute Gasteiger partial charge is 0.316 e. The molecule has 0 saturated heterocycles. The quantitative estimate of drug-likeness (QED) is 0.829. The first-order valence-corrected chi connectivity index (χ1v) is 7.19. The second kappa shape index (κ2) is 6.67. The molecule has 2 heteroatoms. The molecule has 1 atom stereocenters. The smallest absolute Gasteiger partial charge is 0.128 e. The van der Waals surface area contributed by atoms with Gasteiger partial charge in [0, 0.05) is 12.1 Å². The van der Waals surface area contributed by atoms with Gasteiger partial charge in [0.15, 0.2) is 0 Å². The molecule has 0 heterocycles. The summed E-state index contributed by atoms with van der Waals surface area (Å²) in [5, 5.41) is 2.97. The van der Waals surface area contributed by atoms with Crippen molar-refractivity contribution < 1.29 is 4.39 Å². The highest BCUT2D eigenvalue weighted by Gasteiger charge is 2.06. The van der Waals surface area contributed by atoms with Gasteiger partial charge >= 0.3 is 0 Å². The number of benzene rings is 2. The van der Waals surface area contributed by atoms with Crippen molar-refractivity contribution in [1.29, 1.82) is 0 Å². The van der Waals surface area contributed by atoms with Gasteiger partial charge in [0.25, 0.3) is 0 Å². The van der Waals surface area contributed by atoms with E-state index in [0.717, 1.165) is 17.5 Å². The van der Waals surface area contributed by atoms with Crippen LogP contribution in [-0.2, 0) is 6.54 Å². The van der Waals surface area contributed by atoms with E-state index in [4.69, 9.17) is 0 Å². The summed E-state index contributed by atoms with van der Waals surface area (Å²) in [5.74, 6) is 0.418. The summed E-state index contributed by atoms with van der Waals surface area (Å²) in [4.78, 5) is 0. The molecule has 1 N–H and O–H groups in total. The van der Waals surface area contributed by atoms with Gasteiger partial charge in [-0.05, 0) is 42.1 Å². The molecule has 0 amide bonds. The highest BCUT2D eigenvalue weighted by molar-refractivity contribution is 5.64. The van der Waals surface area contributed by atoms with Gasteiger partial charge < -0.3 is 5.32 Å². The lowest BCUT2D eigenvalue weighted by molar-refractivity contribution is 0.601. The maximum atomic E-state index is 13.9. The first-order valence-electron chi connectivity index (χ1n) is 7.19. The van der Waals surface area contributed by atoms with Crippen LogP contribution in [0.2, 0.25) is 0 Å². The molecule has 1 unspecified atom stereocenters. The summed E-state index contributed by atoms with van der Waals surface area (Å²) in [6, 6.07) is 13.9. The Morgan fingerprint density at radius 1 is 1.05 bits per heavy atom. The van der Waals surface area contributed by atoms with E-state index in [1.807, 2.05) is 19.2 Å². The molecule has 106 valence electrons. The Kier molecular flexibility index (Phi) is 4.91. The normalized spacial score (nSPS) is 12.4. The number of halogens is 1. The molecule has 0 aliphatic rings. The van der Waals surface area contributed by atoms with E-state index in [-0.39, 0.29) is 5.82 Å². The van der Waals surface area contributed by atoms with Crippen LogP contribution in [0.15, 0.2) is 42.5 Å². The van der Waals surface area contributed by atoms with E-state index in [0.29, 0.717) is 18.0 Å². The van der Waals surface area contributed by atoms with Crippen LogP contribution in [0.1, 0.15) is 37.3 Å². The predicted octanol–water partition coefficient (Wildman–Crippen LogP) is 4.73. The van der Waals surface area contributed by atoms with E-state index in [1.165, 1.54) is 5.56 Å². The average Bonchev–Trinajstić information content (AvgIpc) is 2.49. The zero-order valence-electron chi connectivity index (χ0n) is 12.4. The number of rotatable bonds is 5. The fourth-order valence-electron chi connectivity index (χ4n) is 2.30. The third-order valence-electron chi connectivity index (χ3n) is 3.85. The van der Waals surface area contributed by atoms with E-state index in [9.17, 15) is 4.39 Å². The lowest BCUT2D eigenvalue weighted by Crippen LogP contribution is -2.06. The fourth-order valence-corrected chi connectivity index (χ4v) is 2.30. The molecular formula is C18H22FN. The Morgan fingerprint density at radius 3 is 2.25 bits per heavy atom. The standard InChI is InChI=1S/C18H22FN/c1-4-13(2)14-5-7-15(8-6-14)16-9-10-17(12-20-3)18(19)11-16/h5-11,13,20H,4,12H2,1-3H3. The highest BCUT2D eigenvalue weighted by atomic mass is 19.1. The molecule has 0 spiro atoms. The molecule has 0 bridgehead atoms. The second-order valence-corrected chi connectivity index (χ2v) is 5.27. The molecule has 2 aromatic carbocycles. The Bertz CT molecular complexity index is 560. The van der Waals surface area contributed by atoms with Crippen LogP contribution in [0.5, 0.6) is 0 Å². The van der Waals surface area contributed by atoms with E-state index in [1.54, 1.807) is 6.07 Å². The minimum Gasteiger partial charge on any atom is -0.316 e. The Balaban J connectivity index is 2.25. The van der Waals surface area contributed by atoms with Crippen molar-refractivity contribution in [3.05, 3.63) is 59.4 Å². The average molecular weight is 271 g/mol. The SMILES string of the molecule is CCC(C)c1ccc(-c2ccc(CNC)c(F)c2)cc1.